The van der Waals surface area contributed by atoms with Crippen molar-refractivity contribution in [1.82, 2.24) is 15.1 Å². The summed E-state index contributed by atoms with van der Waals surface area (Å²) in [5.41, 5.74) is 5.41. The van der Waals surface area contributed by atoms with E-state index in [1.54, 1.807) is 12.3 Å². The highest BCUT2D eigenvalue weighted by atomic mass is 16.5. The minimum atomic E-state index is -0.526. The molecule has 0 bridgehead atoms. The number of carbonyl (C=O) groups is 2. The van der Waals surface area contributed by atoms with E-state index in [4.69, 9.17) is 10.5 Å². The second kappa shape index (κ2) is 7.40. The number of nitrogens with zero attached hydrogens (tertiary/aromatic N) is 2. The highest BCUT2D eigenvalue weighted by Gasteiger charge is 2.08. The minimum absolute atomic E-state index is 0.0591. The number of amides is 1. The molecule has 19 heavy (non-hydrogen) atoms. The largest absolute Gasteiger partial charge is 0.454 e. The Morgan fingerprint density at radius 3 is 2.84 bits per heavy atom. The Morgan fingerprint density at radius 2 is 2.26 bits per heavy atom. The van der Waals surface area contributed by atoms with Crippen molar-refractivity contribution < 1.29 is 14.3 Å². The van der Waals surface area contributed by atoms with Gasteiger partial charge in [0.1, 0.15) is 12.4 Å². The van der Waals surface area contributed by atoms with Gasteiger partial charge in [0.15, 0.2) is 6.61 Å². The Morgan fingerprint density at radius 1 is 1.53 bits per heavy atom. The number of ether oxygens (including phenoxy) is 1. The van der Waals surface area contributed by atoms with Crippen molar-refractivity contribution in [2.75, 3.05) is 18.9 Å². The van der Waals surface area contributed by atoms with Crippen LogP contribution in [-0.4, -0.2) is 34.8 Å². The first-order valence-electron chi connectivity index (χ1n) is 6.18. The average molecular weight is 268 g/mol. The number of hydrogen-bond acceptors (Lipinski definition) is 5. The molecule has 7 nitrogen and oxygen atoms in total. The third kappa shape index (κ3) is 6.44. The SMILES string of the molecule is CC(C)CCNC(=O)COC(=O)Cn1ccc(N)n1. The van der Waals surface area contributed by atoms with Crippen LogP contribution < -0.4 is 11.1 Å². The van der Waals surface area contributed by atoms with Crippen molar-refractivity contribution in [1.29, 1.82) is 0 Å². The topological polar surface area (TPSA) is 99.2 Å². The molecule has 106 valence electrons. The van der Waals surface area contributed by atoms with E-state index in [-0.39, 0.29) is 19.1 Å². The molecular formula is C12H20N4O3. The zero-order valence-corrected chi connectivity index (χ0v) is 11.3. The van der Waals surface area contributed by atoms with Crippen molar-refractivity contribution in [2.45, 2.75) is 26.8 Å². The van der Waals surface area contributed by atoms with Crippen LogP contribution in [0.2, 0.25) is 0 Å². The molecule has 0 aliphatic rings. The highest BCUT2D eigenvalue weighted by Crippen LogP contribution is 1.97. The van der Waals surface area contributed by atoms with Crippen LogP contribution in [0.5, 0.6) is 0 Å². The lowest BCUT2D eigenvalue weighted by atomic mass is 10.1. The van der Waals surface area contributed by atoms with Crippen LogP contribution in [0.4, 0.5) is 5.82 Å². The maximum Gasteiger partial charge on any atom is 0.328 e. The number of hydrogen-bond donors (Lipinski definition) is 2. The van der Waals surface area contributed by atoms with Gasteiger partial charge >= 0.3 is 5.97 Å². The van der Waals surface area contributed by atoms with Gasteiger partial charge in [-0.2, -0.15) is 5.10 Å². The van der Waals surface area contributed by atoms with E-state index in [0.29, 0.717) is 18.3 Å². The van der Waals surface area contributed by atoms with Gasteiger partial charge in [0.25, 0.3) is 5.91 Å². The quantitative estimate of drug-likeness (QED) is 0.687. The lowest BCUT2D eigenvalue weighted by Gasteiger charge is -2.08. The molecule has 1 heterocycles. The number of carbonyl (C=O) groups excluding carboxylic acids is 2. The third-order valence-corrected chi connectivity index (χ3v) is 2.36. The van der Waals surface area contributed by atoms with Crippen molar-refractivity contribution in [3.63, 3.8) is 0 Å². The molecule has 3 N–H and O–H groups in total. The van der Waals surface area contributed by atoms with Gasteiger partial charge in [-0.3, -0.25) is 14.3 Å². The molecule has 0 fully saturated rings. The van der Waals surface area contributed by atoms with Crippen LogP contribution in [0.25, 0.3) is 0 Å². The van der Waals surface area contributed by atoms with Crippen molar-refractivity contribution in [2.24, 2.45) is 5.92 Å². The summed E-state index contributed by atoms with van der Waals surface area (Å²) in [6.45, 7) is 4.40. The van der Waals surface area contributed by atoms with E-state index in [1.165, 1.54) is 4.68 Å². The predicted octanol–water partition coefficient (Wildman–Crippen LogP) is 0.171. The number of rotatable bonds is 7. The predicted molar refractivity (Wildman–Crippen MR) is 70.1 cm³/mol. The second-order valence-electron chi connectivity index (χ2n) is 4.63. The summed E-state index contributed by atoms with van der Waals surface area (Å²) in [7, 11) is 0. The Kier molecular flexibility index (Phi) is 5.84. The van der Waals surface area contributed by atoms with Crippen LogP contribution in [0.15, 0.2) is 12.3 Å². The smallest absolute Gasteiger partial charge is 0.328 e. The van der Waals surface area contributed by atoms with Crippen LogP contribution in [0.3, 0.4) is 0 Å². The highest BCUT2D eigenvalue weighted by molar-refractivity contribution is 5.80. The third-order valence-electron chi connectivity index (χ3n) is 2.36. The molecule has 1 aromatic rings. The number of anilines is 1. The Labute approximate surface area is 112 Å². The first-order chi connectivity index (χ1) is 8.97. The van der Waals surface area contributed by atoms with Gasteiger partial charge in [-0.1, -0.05) is 13.8 Å². The Balaban J connectivity index is 2.17. The molecular weight excluding hydrogens is 248 g/mol. The van der Waals surface area contributed by atoms with Crippen LogP contribution in [0.1, 0.15) is 20.3 Å². The zero-order valence-electron chi connectivity index (χ0n) is 11.3. The Hall–Kier alpha value is -2.05. The van der Waals surface area contributed by atoms with Gasteiger partial charge in [-0.05, 0) is 18.4 Å². The number of nitrogens with one attached hydrogen (secondary N) is 1. The number of nitrogens with two attached hydrogens (primary N) is 1. The number of aromatic nitrogens is 2. The molecule has 0 saturated carbocycles. The summed E-state index contributed by atoms with van der Waals surface area (Å²) in [6.07, 6.45) is 2.46. The second-order valence-corrected chi connectivity index (χ2v) is 4.63. The van der Waals surface area contributed by atoms with E-state index < -0.39 is 5.97 Å². The van der Waals surface area contributed by atoms with Gasteiger partial charge in [0.05, 0.1) is 0 Å². The number of esters is 1. The van der Waals surface area contributed by atoms with Crippen LogP contribution >= 0.6 is 0 Å². The van der Waals surface area contributed by atoms with Crippen molar-refractivity contribution >= 4 is 17.7 Å². The van der Waals surface area contributed by atoms with Gasteiger partial charge in [-0.25, -0.2) is 0 Å². The summed E-state index contributed by atoms with van der Waals surface area (Å²) in [4.78, 5) is 22.8. The van der Waals surface area contributed by atoms with E-state index in [2.05, 4.69) is 24.3 Å². The molecule has 1 amide bonds. The zero-order chi connectivity index (χ0) is 14.3. The summed E-state index contributed by atoms with van der Waals surface area (Å²) >= 11 is 0. The average Bonchev–Trinajstić information content (AvgIpc) is 2.71. The molecule has 0 saturated heterocycles. The molecule has 0 radical (unpaired) electrons. The number of nitrogen functional groups attached to an aromatic ring is 1. The normalized spacial score (nSPS) is 10.5. The summed E-state index contributed by atoms with van der Waals surface area (Å²) < 4.78 is 6.18. The molecule has 0 spiro atoms. The van der Waals surface area contributed by atoms with Gasteiger partial charge in [0.2, 0.25) is 0 Å². The molecule has 0 aliphatic heterocycles. The van der Waals surface area contributed by atoms with E-state index in [0.717, 1.165) is 6.42 Å². The van der Waals surface area contributed by atoms with Crippen LogP contribution in [0, 0.1) is 5.92 Å². The summed E-state index contributed by atoms with van der Waals surface area (Å²) in [6, 6.07) is 1.58. The maximum absolute atomic E-state index is 11.4. The lowest BCUT2D eigenvalue weighted by Crippen LogP contribution is -2.30. The molecule has 0 aromatic carbocycles. The van der Waals surface area contributed by atoms with E-state index in [9.17, 15) is 9.59 Å². The van der Waals surface area contributed by atoms with Crippen LogP contribution in [-0.2, 0) is 20.9 Å². The summed E-state index contributed by atoms with van der Waals surface area (Å²) in [5.74, 6) is 0.0310. The Bertz CT molecular complexity index is 428. The van der Waals surface area contributed by atoms with Crippen molar-refractivity contribution in [3.8, 4) is 0 Å². The lowest BCUT2D eigenvalue weighted by molar-refractivity contribution is -0.149. The van der Waals surface area contributed by atoms with Crippen molar-refractivity contribution in [3.05, 3.63) is 12.3 Å². The first kappa shape index (κ1) is 15.0. The molecule has 1 aromatic heterocycles. The maximum atomic E-state index is 11.4. The molecule has 1 rings (SSSR count). The molecule has 7 heteroatoms. The fraction of sp³-hybridized carbons (Fsp3) is 0.583. The van der Waals surface area contributed by atoms with Gasteiger partial charge < -0.3 is 15.8 Å². The first-order valence-corrected chi connectivity index (χ1v) is 6.18. The fourth-order valence-corrected chi connectivity index (χ4v) is 1.34. The minimum Gasteiger partial charge on any atom is -0.454 e. The van der Waals surface area contributed by atoms with Gasteiger partial charge in [-0.15, -0.1) is 0 Å². The molecule has 0 atom stereocenters. The van der Waals surface area contributed by atoms with E-state index in [1.807, 2.05) is 0 Å². The standard InChI is InChI=1S/C12H20N4O3/c1-9(2)3-5-14-11(17)8-19-12(18)7-16-6-4-10(13)15-16/h4,6,9H,3,5,7-8H2,1-2H3,(H2,13,15)(H,14,17). The monoisotopic (exact) mass is 268 g/mol. The molecule has 0 aliphatic carbocycles. The fourth-order valence-electron chi connectivity index (χ4n) is 1.34. The summed E-state index contributed by atoms with van der Waals surface area (Å²) in [5, 5.41) is 6.52. The van der Waals surface area contributed by atoms with E-state index >= 15 is 0 Å². The van der Waals surface area contributed by atoms with Gasteiger partial charge in [0, 0.05) is 12.7 Å². The molecule has 0 unspecified atom stereocenters.